The summed E-state index contributed by atoms with van der Waals surface area (Å²) in [6, 6.07) is 14.8. The lowest BCUT2D eigenvalue weighted by Crippen LogP contribution is -1.96. The highest BCUT2D eigenvalue weighted by Gasteiger charge is 2.12. The molecule has 0 amide bonds. The minimum Gasteiger partial charge on any atom is -0.494 e. The van der Waals surface area contributed by atoms with Crippen LogP contribution < -0.4 is 10.3 Å². The smallest absolute Gasteiger partial charge is 0.292 e. The summed E-state index contributed by atoms with van der Waals surface area (Å²) >= 11 is 3.38. The van der Waals surface area contributed by atoms with Crippen molar-refractivity contribution in [3.05, 3.63) is 63.4 Å². The lowest BCUT2D eigenvalue weighted by molar-refractivity contribution is 0.416. The van der Waals surface area contributed by atoms with Gasteiger partial charge in [0, 0.05) is 10.0 Å². The number of hydrogen-bond donors (Lipinski definition) is 2. The number of para-hydroxylation sites is 1. The van der Waals surface area contributed by atoms with Gasteiger partial charge in [-0.15, -0.1) is 10.2 Å². The summed E-state index contributed by atoms with van der Waals surface area (Å²) in [5.41, 5.74) is 1.86. The highest BCUT2D eigenvalue weighted by molar-refractivity contribution is 9.10. The molecule has 3 aromatic rings. The molecule has 6 nitrogen and oxygen atoms in total. The topological polar surface area (TPSA) is 82.6 Å². The molecule has 23 heavy (non-hydrogen) atoms. The van der Waals surface area contributed by atoms with Gasteiger partial charge in [-0.2, -0.15) is 0 Å². The van der Waals surface area contributed by atoms with E-state index in [4.69, 9.17) is 4.74 Å². The Morgan fingerprint density at radius 1 is 1.00 bits per heavy atom. The Labute approximate surface area is 140 Å². The Hall–Kier alpha value is -2.67. The number of aromatic nitrogens is 2. The Morgan fingerprint density at radius 3 is 2.48 bits per heavy atom. The van der Waals surface area contributed by atoms with Gasteiger partial charge in [0.25, 0.3) is 5.56 Å². The molecule has 2 aromatic carbocycles. The van der Waals surface area contributed by atoms with Crippen LogP contribution >= 0.6 is 15.9 Å². The standard InChI is InChI=1S/C16H13BrN4O2/c1-23-13-5-3-2-4-12(13)18-20-15-14(19-21-16(15)22)10-6-8-11(17)9-7-10/h2-9H,1H3,(H2,19,21,22). The van der Waals surface area contributed by atoms with E-state index < -0.39 is 0 Å². The van der Waals surface area contributed by atoms with Gasteiger partial charge in [-0.05, 0) is 24.3 Å². The maximum Gasteiger partial charge on any atom is 0.292 e. The Balaban J connectivity index is 2.01. The largest absolute Gasteiger partial charge is 0.494 e. The Kier molecular flexibility index (Phi) is 4.38. The molecule has 1 aromatic heterocycles. The number of aromatic amines is 2. The number of ether oxygens (including phenoxy) is 1. The molecule has 0 bridgehead atoms. The van der Waals surface area contributed by atoms with Crippen LogP contribution in [-0.4, -0.2) is 17.3 Å². The molecule has 1 heterocycles. The fourth-order valence-electron chi connectivity index (χ4n) is 2.09. The van der Waals surface area contributed by atoms with Gasteiger partial charge in [0.1, 0.15) is 11.4 Å². The number of nitrogens with zero attached hydrogens (tertiary/aromatic N) is 2. The monoisotopic (exact) mass is 372 g/mol. The van der Waals surface area contributed by atoms with Gasteiger partial charge in [-0.25, -0.2) is 0 Å². The van der Waals surface area contributed by atoms with E-state index in [9.17, 15) is 4.79 Å². The number of halogens is 1. The van der Waals surface area contributed by atoms with Gasteiger partial charge in [0.05, 0.1) is 12.8 Å². The van der Waals surface area contributed by atoms with Gasteiger partial charge in [0.2, 0.25) is 0 Å². The van der Waals surface area contributed by atoms with Gasteiger partial charge < -0.3 is 4.74 Å². The molecular weight excluding hydrogens is 360 g/mol. The third-order valence-corrected chi connectivity index (χ3v) is 3.76. The molecule has 0 aliphatic rings. The highest BCUT2D eigenvalue weighted by Crippen LogP contribution is 2.30. The van der Waals surface area contributed by atoms with E-state index in [2.05, 4.69) is 36.4 Å². The lowest BCUT2D eigenvalue weighted by Gasteiger charge is -2.02. The number of azo groups is 1. The third kappa shape index (κ3) is 3.24. The van der Waals surface area contributed by atoms with E-state index in [1.165, 1.54) is 0 Å². The summed E-state index contributed by atoms with van der Waals surface area (Å²) in [7, 11) is 1.56. The Bertz CT molecular complexity index is 897. The van der Waals surface area contributed by atoms with E-state index in [1.807, 2.05) is 36.4 Å². The Morgan fingerprint density at radius 2 is 1.74 bits per heavy atom. The zero-order chi connectivity index (χ0) is 16.2. The van der Waals surface area contributed by atoms with Crippen LogP contribution in [0.1, 0.15) is 0 Å². The molecule has 0 fully saturated rings. The zero-order valence-corrected chi connectivity index (χ0v) is 13.8. The van der Waals surface area contributed by atoms with E-state index >= 15 is 0 Å². The van der Waals surface area contributed by atoms with Gasteiger partial charge in [-0.3, -0.25) is 15.0 Å². The number of rotatable bonds is 4. The molecule has 0 radical (unpaired) electrons. The fraction of sp³-hybridized carbons (Fsp3) is 0.0625. The minimum absolute atomic E-state index is 0.221. The van der Waals surface area contributed by atoms with Crippen LogP contribution in [0.5, 0.6) is 5.75 Å². The number of methoxy groups -OCH3 is 1. The average molecular weight is 373 g/mol. The van der Waals surface area contributed by atoms with Gasteiger partial charge in [-0.1, -0.05) is 40.2 Å². The van der Waals surface area contributed by atoms with Gasteiger partial charge in [0.15, 0.2) is 5.69 Å². The third-order valence-electron chi connectivity index (χ3n) is 3.23. The first-order chi connectivity index (χ1) is 11.2. The van der Waals surface area contributed by atoms with E-state index in [0.717, 1.165) is 10.0 Å². The quantitative estimate of drug-likeness (QED) is 0.658. The lowest BCUT2D eigenvalue weighted by atomic mass is 10.1. The average Bonchev–Trinajstić information content (AvgIpc) is 2.94. The maximum absolute atomic E-state index is 12.0. The van der Waals surface area contributed by atoms with Crippen molar-refractivity contribution in [3.63, 3.8) is 0 Å². The maximum atomic E-state index is 12.0. The van der Waals surface area contributed by atoms with Crippen LogP contribution in [0.15, 0.2) is 68.0 Å². The summed E-state index contributed by atoms with van der Waals surface area (Å²) in [6.45, 7) is 0. The van der Waals surface area contributed by atoms with Crippen LogP contribution in [0.2, 0.25) is 0 Å². The molecule has 116 valence electrons. The molecule has 0 unspecified atom stereocenters. The first-order valence-corrected chi connectivity index (χ1v) is 7.59. The number of nitrogens with one attached hydrogen (secondary N) is 2. The number of H-pyrrole nitrogens is 2. The summed E-state index contributed by atoms with van der Waals surface area (Å²) in [5, 5.41) is 13.6. The van der Waals surface area contributed by atoms with Crippen LogP contribution in [-0.2, 0) is 0 Å². The molecular formula is C16H13BrN4O2. The minimum atomic E-state index is -0.332. The van der Waals surface area contributed by atoms with E-state index in [1.54, 1.807) is 19.2 Å². The number of hydrogen-bond acceptors (Lipinski definition) is 4. The van der Waals surface area contributed by atoms with Crippen LogP contribution in [0, 0.1) is 0 Å². The molecule has 3 rings (SSSR count). The summed E-state index contributed by atoms with van der Waals surface area (Å²) in [5.74, 6) is 0.591. The van der Waals surface area contributed by atoms with Crippen molar-refractivity contribution in [1.29, 1.82) is 0 Å². The molecule has 0 saturated heterocycles. The van der Waals surface area contributed by atoms with Crippen molar-refractivity contribution < 1.29 is 4.74 Å². The predicted molar refractivity (Wildman–Crippen MR) is 91.7 cm³/mol. The normalized spacial score (nSPS) is 11.0. The SMILES string of the molecule is COc1ccccc1N=Nc1c(-c2ccc(Br)cc2)[nH][nH]c1=O. The van der Waals surface area contributed by atoms with Crippen LogP contribution in [0.4, 0.5) is 11.4 Å². The van der Waals surface area contributed by atoms with E-state index in [-0.39, 0.29) is 11.2 Å². The molecule has 0 aliphatic carbocycles. The second kappa shape index (κ2) is 6.62. The molecule has 0 spiro atoms. The van der Waals surface area contributed by atoms with Crippen molar-refractivity contribution in [2.75, 3.05) is 7.11 Å². The summed E-state index contributed by atoms with van der Waals surface area (Å²) < 4.78 is 6.18. The van der Waals surface area contributed by atoms with Crippen molar-refractivity contribution in [2.24, 2.45) is 10.2 Å². The summed E-state index contributed by atoms with van der Waals surface area (Å²) in [4.78, 5) is 12.0. The molecule has 0 aliphatic heterocycles. The second-order valence-electron chi connectivity index (χ2n) is 4.68. The zero-order valence-electron chi connectivity index (χ0n) is 12.2. The molecule has 0 atom stereocenters. The second-order valence-corrected chi connectivity index (χ2v) is 5.60. The van der Waals surface area contributed by atoms with Crippen molar-refractivity contribution >= 4 is 27.3 Å². The van der Waals surface area contributed by atoms with Crippen molar-refractivity contribution in [2.45, 2.75) is 0 Å². The van der Waals surface area contributed by atoms with E-state index in [0.29, 0.717) is 17.1 Å². The van der Waals surface area contributed by atoms with Crippen LogP contribution in [0.25, 0.3) is 11.3 Å². The summed E-state index contributed by atoms with van der Waals surface area (Å²) in [6.07, 6.45) is 0. The van der Waals surface area contributed by atoms with Crippen LogP contribution in [0.3, 0.4) is 0 Å². The molecule has 7 heteroatoms. The highest BCUT2D eigenvalue weighted by atomic mass is 79.9. The van der Waals surface area contributed by atoms with Crippen molar-refractivity contribution in [1.82, 2.24) is 10.2 Å². The number of benzene rings is 2. The fourth-order valence-corrected chi connectivity index (χ4v) is 2.35. The predicted octanol–water partition coefficient (Wildman–Crippen LogP) is 4.56. The molecule has 2 N–H and O–H groups in total. The van der Waals surface area contributed by atoms with Gasteiger partial charge >= 0.3 is 0 Å². The first kappa shape index (κ1) is 15.2. The molecule has 0 saturated carbocycles. The van der Waals surface area contributed by atoms with Crippen molar-refractivity contribution in [3.8, 4) is 17.0 Å². The first-order valence-electron chi connectivity index (χ1n) is 6.80.